The van der Waals surface area contributed by atoms with Gasteiger partial charge in [0.25, 0.3) is 5.22 Å². The van der Waals surface area contributed by atoms with Gasteiger partial charge >= 0.3 is 0 Å². The molecule has 0 unspecified atom stereocenters. The quantitative estimate of drug-likeness (QED) is 0.420. The van der Waals surface area contributed by atoms with Crippen molar-refractivity contribution < 1.29 is 12.8 Å². The van der Waals surface area contributed by atoms with Crippen LogP contribution in [0.2, 0.25) is 0 Å². The van der Waals surface area contributed by atoms with E-state index in [1.165, 1.54) is 11.8 Å². The zero-order valence-corrected chi connectivity index (χ0v) is 16.9. The van der Waals surface area contributed by atoms with Crippen molar-refractivity contribution >= 4 is 54.3 Å². The Hall–Kier alpha value is -1.84. The largest absolute Gasteiger partial charge is 0.431 e. The number of aromatic nitrogens is 3. The Morgan fingerprint density at radius 1 is 1.23 bits per heavy atom. The molecule has 0 atom stereocenters. The number of nitrogens with zero attached hydrogens (tertiary/aromatic N) is 3. The van der Waals surface area contributed by atoms with E-state index in [0.29, 0.717) is 22.1 Å². The van der Waals surface area contributed by atoms with Gasteiger partial charge in [-0.25, -0.2) is 18.4 Å². The van der Waals surface area contributed by atoms with Gasteiger partial charge in [-0.1, -0.05) is 24.8 Å². The number of rotatable bonds is 5. The molecule has 3 heterocycles. The Morgan fingerprint density at radius 2 is 2.08 bits per heavy atom. The summed E-state index contributed by atoms with van der Waals surface area (Å²) in [7, 11) is -3.26. The third-order valence-corrected chi connectivity index (χ3v) is 7.36. The van der Waals surface area contributed by atoms with Gasteiger partial charge in [-0.2, -0.15) is 0 Å². The van der Waals surface area contributed by atoms with Crippen LogP contribution in [0, 0.1) is 0 Å². The van der Waals surface area contributed by atoms with Crippen molar-refractivity contribution in [2.45, 2.75) is 22.8 Å². The average Bonchev–Trinajstić information content (AvgIpc) is 3.20. The van der Waals surface area contributed by atoms with E-state index in [9.17, 15) is 8.42 Å². The highest BCUT2D eigenvalue weighted by Gasteiger charge is 2.16. The average molecular weight is 452 g/mol. The number of halogens is 1. The van der Waals surface area contributed by atoms with E-state index in [1.54, 1.807) is 25.1 Å². The van der Waals surface area contributed by atoms with E-state index in [0.717, 1.165) is 15.9 Å². The van der Waals surface area contributed by atoms with Gasteiger partial charge in [-0.15, -0.1) is 0 Å². The van der Waals surface area contributed by atoms with Gasteiger partial charge < -0.3 is 4.42 Å². The number of hydrogen-bond donors (Lipinski definition) is 0. The SMILES string of the molecule is CCS(=O)(=O)c1ccc2oc(SCc3nc4ccccn4c3Br)nc2c1. The van der Waals surface area contributed by atoms with Gasteiger partial charge in [0.15, 0.2) is 15.4 Å². The zero-order chi connectivity index (χ0) is 18.3. The van der Waals surface area contributed by atoms with Crippen LogP contribution in [0.1, 0.15) is 12.6 Å². The number of thioether (sulfide) groups is 1. The second-order valence-corrected chi connectivity index (χ2v) is 9.54. The molecule has 0 saturated carbocycles. The fraction of sp³-hybridized carbons (Fsp3) is 0.176. The predicted molar refractivity (Wildman–Crippen MR) is 104 cm³/mol. The first-order valence-corrected chi connectivity index (χ1v) is 11.3. The minimum atomic E-state index is -3.26. The van der Waals surface area contributed by atoms with E-state index in [1.807, 2.05) is 28.8 Å². The number of hydrogen-bond acceptors (Lipinski definition) is 6. The van der Waals surface area contributed by atoms with Gasteiger partial charge in [0.2, 0.25) is 0 Å². The van der Waals surface area contributed by atoms with Crippen LogP contribution in [-0.2, 0) is 15.6 Å². The molecule has 0 amide bonds. The fourth-order valence-corrected chi connectivity index (χ4v) is 4.93. The van der Waals surface area contributed by atoms with Crippen LogP contribution < -0.4 is 0 Å². The molecular weight excluding hydrogens is 438 g/mol. The molecule has 0 bridgehead atoms. The lowest BCUT2D eigenvalue weighted by molar-refractivity contribution is 0.489. The number of fused-ring (bicyclic) bond motifs is 2. The lowest BCUT2D eigenvalue weighted by Gasteiger charge is -1.99. The van der Waals surface area contributed by atoms with Gasteiger partial charge in [0, 0.05) is 11.9 Å². The van der Waals surface area contributed by atoms with Gasteiger partial charge in [0.05, 0.1) is 16.3 Å². The number of imidazole rings is 1. The van der Waals surface area contributed by atoms with Crippen LogP contribution in [0.5, 0.6) is 0 Å². The van der Waals surface area contributed by atoms with Crippen LogP contribution in [0.25, 0.3) is 16.7 Å². The molecule has 0 aliphatic rings. The summed E-state index contributed by atoms with van der Waals surface area (Å²) in [5.74, 6) is 0.634. The summed E-state index contributed by atoms with van der Waals surface area (Å²) in [4.78, 5) is 9.25. The van der Waals surface area contributed by atoms with Crippen LogP contribution in [0.15, 0.2) is 61.7 Å². The highest BCUT2D eigenvalue weighted by atomic mass is 79.9. The number of sulfone groups is 1. The van der Waals surface area contributed by atoms with E-state index < -0.39 is 9.84 Å². The van der Waals surface area contributed by atoms with Gasteiger partial charge in [0.1, 0.15) is 15.8 Å². The summed E-state index contributed by atoms with van der Waals surface area (Å²) in [5, 5.41) is 0.481. The Morgan fingerprint density at radius 3 is 2.85 bits per heavy atom. The molecule has 0 radical (unpaired) electrons. The summed E-state index contributed by atoms with van der Waals surface area (Å²) >= 11 is 4.98. The van der Waals surface area contributed by atoms with E-state index >= 15 is 0 Å². The number of oxazole rings is 1. The van der Waals surface area contributed by atoms with E-state index in [4.69, 9.17) is 4.42 Å². The molecule has 0 spiro atoms. The third kappa shape index (κ3) is 3.15. The first-order chi connectivity index (χ1) is 12.5. The molecule has 3 aromatic heterocycles. The molecule has 0 aliphatic carbocycles. The molecule has 9 heteroatoms. The fourth-order valence-electron chi connectivity index (χ4n) is 2.54. The molecule has 0 fully saturated rings. The van der Waals surface area contributed by atoms with Gasteiger partial charge in [-0.05, 0) is 46.3 Å². The van der Waals surface area contributed by atoms with Crippen LogP contribution in [0.4, 0.5) is 0 Å². The Bertz CT molecular complexity index is 1210. The van der Waals surface area contributed by atoms with Crippen molar-refractivity contribution in [2.75, 3.05) is 5.75 Å². The van der Waals surface area contributed by atoms with Crippen molar-refractivity contribution in [3.05, 3.63) is 52.9 Å². The molecule has 134 valence electrons. The molecule has 1 aromatic carbocycles. The van der Waals surface area contributed by atoms with Crippen LogP contribution in [0.3, 0.4) is 0 Å². The summed E-state index contributed by atoms with van der Waals surface area (Å²) in [6.07, 6.45) is 1.94. The lowest BCUT2D eigenvalue weighted by Crippen LogP contribution is -2.03. The summed E-state index contributed by atoms with van der Waals surface area (Å²) < 4.78 is 32.6. The number of pyridine rings is 1. The molecule has 6 nitrogen and oxygen atoms in total. The lowest BCUT2D eigenvalue weighted by atomic mass is 10.3. The maximum Gasteiger partial charge on any atom is 0.257 e. The highest BCUT2D eigenvalue weighted by molar-refractivity contribution is 9.10. The molecule has 0 saturated heterocycles. The minimum Gasteiger partial charge on any atom is -0.431 e. The zero-order valence-electron chi connectivity index (χ0n) is 13.7. The molecule has 0 N–H and O–H groups in total. The standard InChI is InChI=1S/C17H14BrN3O3S2/c1-2-26(22,23)11-6-7-14-12(9-11)20-17(24-14)25-10-13-16(18)21-8-4-3-5-15(21)19-13/h3-9H,2,10H2,1H3. The van der Waals surface area contributed by atoms with Crippen molar-refractivity contribution in [1.82, 2.24) is 14.4 Å². The van der Waals surface area contributed by atoms with Crippen molar-refractivity contribution in [3.63, 3.8) is 0 Å². The minimum absolute atomic E-state index is 0.0554. The first-order valence-electron chi connectivity index (χ1n) is 7.85. The second kappa shape index (κ2) is 6.71. The Labute approximate surface area is 162 Å². The third-order valence-electron chi connectivity index (χ3n) is 3.95. The maximum absolute atomic E-state index is 12.0. The van der Waals surface area contributed by atoms with Crippen molar-refractivity contribution in [3.8, 4) is 0 Å². The summed E-state index contributed by atoms with van der Waals surface area (Å²) in [6.45, 7) is 1.62. The Kier molecular flexibility index (Phi) is 4.54. The van der Waals surface area contributed by atoms with Crippen molar-refractivity contribution in [1.29, 1.82) is 0 Å². The topological polar surface area (TPSA) is 77.5 Å². The summed E-state index contributed by atoms with van der Waals surface area (Å²) in [6, 6.07) is 10.6. The molecular formula is C17H14BrN3O3S2. The van der Waals surface area contributed by atoms with Crippen molar-refractivity contribution in [2.24, 2.45) is 0 Å². The highest BCUT2D eigenvalue weighted by Crippen LogP contribution is 2.30. The predicted octanol–water partition coefficient (Wildman–Crippen LogP) is 4.32. The first kappa shape index (κ1) is 17.6. The maximum atomic E-state index is 12.0. The molecule has 0 aliphatic heterocycles. The monoisotopic (exact) mass is 451 g/mol. The normalized spacial score (nSPS) is 12.2. The van der Waals surface area contributed by atoms with Gasteiger partial charge in [-0.3, -0.25) is 4.40 Å². The van der Waals surface area contributed by atoms with E-state index in [2.05, 4.69) is 25.9 Å². The Balaban J connectivity index is 1.60. The molecule has 4 rings (SSSR count). The van der Waals surface area contributed by atoms with Crippen LogP contribution >= 0.6 is 27.7 Å². The molecule has 26 heavy (non-hydrogen) atoms. The second-order valence-electron chi connectivity index (χ2n) is 5.58. The summed E-state index contributed by atoms with van der Waals surface area (Å²) in [5.41, 5.74) is 2.85. The molecule has 4 aromatic rings. The van der Waals surface area contributed by atoms with E-state index in [-0.39, 0.29) is 10.6 Å². The van der Waals surface area contributed by atoms with Crippen LogP contribution in [-0.4, -0.2) is 28.5 Å². The smallest absolute Gasteiger partial charge is 0.257 e. The number of benzene rings is 1.